The first-order valence-electron chi connectivity index (χ1n) is 6.29. The molecule has 0 spiro atoms. The number of nitrogens with one attached hydrogen (secondary N) is 1. The van der Waals surface area contributed by atoms with Crippen molar-refractivity contribution in [1.29, 1.82) is 0 Å². The van der Waals surface area contributed by atoms with Gasteiger partial charge in [0.25, 0.3) is 0 Å². The molecule has 1 atom stereocenters. The molecule has 1 saturated carbocycles. The molecule has 17 heavy (non-hydrogen) atoms. The molecule has 1 fully saturated rings. The lowest BCUT2D eigenvalue weighted by Gasteiger charge is -2.32. The van der Waals surface area contributed by atoms with E-state index in [2.05, 4.69) is 12.2 Å². The van der Waals surface area contributed by atoms with E-state index in [4.69, 9.17) is 5.73 Å². The molecule has 1 aromatic carbocycles. The zero-order valence-corrected chi connectivity index (χ0v) is 10.3. The number of hydrogen-bond acceptors (Lipinski definition) is 2. The van der Waals surface area contributed by atoms with Gasteiger partial charge in [-0.05, 0) is 37.3 Å². The Hall–Kier alpha value is -1.35. The summed E-state index contributed by atoms with van der Waals surface area (Å²) in [6.45, 7) is 2.94. The van der Waals surface area contributed by atoms with Crippen molar-refractivity contribution in [1.82, 2.24) is 5.32 Å². The van der Waals surface area contributed by atoms with Gasteiger partial charge >= 0.3 is 0 Å². The Morgan fingerprint density at radius 1 is 1.47 bits per heavy atom. The standard InChI is InChI=1S/C14H20N2O/c1-10(11-6-4-7-11)16-9-12-5-2-3-8-13(12)14(15)17/h2-3,5,8,10-11,16H,4,6-7,9H2,1H3,(H2,15,17). The van der Waals surface area contributed by atoms with Crippen LogP contribution in [0.15, 0.2) is 24.3 Å². The highest BCUT2D eigenvalue weighted by Gasteiger charge is 2.23. The first kappa shape index (κ1) is 12.1. The van der Waals surface area contributed by atoms with Crippen LogP contribution in [0, 0.1) is 5.92 Å². The van der Waals surface area contributed by atoms with Gasteiger partial charge in [0, 0.05) is 18.2 Å². The summed E-state index contributed by atoms with van der Waals surface area (Å²) < 4.78 is 0. The van der Waals surface area contributed by atoms with Crippen molar-refractivity contribution >= 4 is 5.91 Å². The van der Waals surface area contributed by atoms with Crippen molar-refractivity contribution < 1.29 is 4.79 Å². The fraction of sp³-hybridized carbons (Fsp3) is 0.500. The van der Waals surface area contributed by atoms with Crippen LogP contribution >= 0.6 is 0 Å². The second-order valence-electron chi connectivity index (χ2n) is 4.88. The highest BCUT2D eigenvalue weighted by molar-refractivity contribution is 5.94. The second kappa shape index (κ2) is 5.32. The molecule has 0 radical (unpaired) electrons. The SMILES string of the molecule is CC(NCc1ccccc1C(N)=O)C1CCC1. The molecule has 92 valence electrons. The average Bonchev–Trinajstić information content (AvgIpc) is 2.24. The van der Waals surface area contributed by atoms with E-state index >= 15 is 0 Å². The van der Waals surface area contributed by atoms with E-state index in [1.165, 1.54) is 19.3 Å². The lowest BCUT2D eigenvalue weighted by molar-refractivity contribution is 0.0999. The second-order valence-corrected chi connectivity index (χ2v) is 4.88. The summed E-state index contributed by atoms with van der Waals surface area (Å²) in [6.07, 6.45) is 4.01. The Morgan fingerprint density at radius 3 is 2.76 bits per heavy atom. The number of benzene rings is 1. The molecular formula is C14H20N2O. The van der Waals surface area contributed by atoms with Gasteiger partial charge in [-0.15, -0.1) is 0 Å². The van der Waals surface area contributed by atoms with Crippen LogP contribution in [0.3, 0.4) is 0 Å². The first-order chi connectivity index (χ1) is 8.18. The van der Waals surface area contributed by atoms with E-state index in [-0.39, 0.29) is 5.91 Å². The highest BCUT2D eigenvalue weighted by atomic mass is 16.1. The predicted octanol–water partition coefficient (Wildman–Crippen LogP) is 2.06. The predicted molar refractivity (Wildman–Crippen MR) is 68.6 cm³/mol. The third-order valence-electron chi connectivity index (χ3n) is 3.75. The topological polar surface area (TPSA) is 55.1 Å². The van der Waals surface area contributed by atoms with Crippen molar-refractivity contribution in [2.75, 3.05) is 0 Å². The Morgan fingerprint density at radius 2 is 2.18 bits per heavy atom. The van der Waals surface area contributed by atoms with Crippen LogP contribution in [0.4, 0.5) is 0 Å². The van der Waals surface area contributed by atoms with Gasteiger partial charge in [-0.25, -0.2) is 0 Å². The normalized spacial score (nSPS) is 17.5. The minimum atomic E-state index is -0.348. The molecule has 0 heterocycles. The quantitative estimate of drug-likeness (QED) is 0.816. The molecule has 2 rings (SSSR count). The number of primary amides is 1. The first-order valence-corrected chi connectivity index (χ1v) is 6.29. The summed E-state index contributed by atoms with van der Waals surface area (Å²) in [7, 11) is 0. The van der Waals surface area contributed by atoms with Crippen LogP contribution < -0.4 is 11.1 Å². The third-order valence-corrected chi connectivity index (χ3v) is 3.75. The Kier molecular flexibility index (Phi) is 3.79. The number of hydrogen-bond donors (Lipinski definition) is 2. The number of carbonyl (C=O) groups is 1. The summed E-state index contributed by atoms with van der Waals surface area (Å²) in [6, 6.07) is 8.05. The number of amides is 1. The number of rotatable bonds is 5. The van der Waals surface area contributed by atoms with Gasteiger partial charge in [0.05, 0.1) is 0 Å². The Labute approximate surface area is 102 Å². The van der Waals surface area contributed by atoms with E-state index in [0.29, 0.717) is 11.6 Å². The summed E-state index contributed by atoms with van der Waals surface area (Å²) >= 11 is 0. The average molecular weight is 232 g/mol. The van der Waals surface area contributed by atoms with Gasteiger partial charge in [-0.2, -0.15) is 0 Å². The van der Waals surface area contributed by atoms with Gasteiger partial charge in [0.2, 0.25) is 5.91 Å². The third kappa shape index (κ3) is 2.86. The monoisotopic (exact) mass is 232 g/mol. The van der Waals surface area contributed by atoms with Crippen molar-refractivity contribution in [2.45, 2.75) is 38.8 Å². The van der Waals surface area contributed by atoms with Gasteiger partial charge in [-0.1, -0.05) is 24.6 Å². The molecule has 1 aliphatic carbocycles. The molecular weight excluding hydrogens is 212 g/mol. The largest absolute Gasteiger partial charge is 0.366 e. The molecule has 0 aromatic heterocycles. The van der Waals surface area contributed by atoms with Crippen molar-refractivity contribution in [2.24, 2.45) is 11.7 Å². The number of nitrogens with two attached hydrogens (primary N) is 1. The van der Waals surface area contributed by atoms with Crippen LogP contribution in [-0.2, 0) is 6.54 Å². The fourth-order valence-corrected chi connectivity index (χ4v) is 2.29. The van der Waals surface area contributed by atoms with E-state index in [0.717, 1.165) is 18.0 Å². The minimum absolute atomic E-state index is 0.348. The highest BCUT2D eigenvalue weighted by Crippen LogP contribution is 2.29. The summed E-state index contributed by atoms with van der Waals surface area (Å²) in [5.41, 5.74) is 6.97. The Balaban J connectivity index is 1.95. The fourth-order valence-electron chi connectivity index (χ4n) is 2.29. The molecule has 3 heteroatoms. The maximum atomic E-state index is 11.3. The molecule has 3 N–H and O–H groups in total. The Bertz CT molecular complexity index is 399. The van der Waals surface area contributed by atoms with Crippen LogP contribution in [0.25, 0.3) is 0 Å². The summed E-state index contributed by atoms with van der Waals surface area (Å²) in [4.78, 5) is 11.3. The zero-order chi connectivity index (χ0) is 12.3. The van der Waals surface area contributed by atoms with E-state index in [1.54, 1.807) is 6.07 Å². The van der Waals surface area contributed by atoms with Crippen LogP contribution in [0.5, 0.6) is 0 Å². The molecule has 3 nitrogen and oxygen atoms in total. The molecule has 1 aromatic rings. The van der Waals surface area contributed by atoms with Gasteiger partial charge in [-0.3, -0.25) is 4.79 Å². The molecule has 1 aliphatic rings. The van der Waals surface area contributed by atoms with Crippen LogP contribution in [0.2, 0.25) is 0 Å². The van der Waals surface area contributed by atoms with Crippen molar-refractivity contribution in [3.63, 3.8) is 0 Å². The lowest BCUT2D eigenvalue weighted by Crippen LogP contribution is -2.37. The summed E-state index contributed by atoms with van der Waals surface area (Å²) in [5.74, 6) is 0.453. The lowest BCUT2D eigenvalue weighted by atomic mass is 9.80. The molecule has 0 aliphatic heterocycles. The van der Waals surface area contributed by atoms with Gasteiger partial charge in [0.15, 0.2) is 0 Å². The smallest absolute Gasteiger partial charge is 0.249 e. The van der Waals surface area contributed by atoms with Gasteiger partial charge < -0.3 is 11.1 Å². The van der Waals surface area contributed by atoms with E-state index in [1.807, 2.05) is 18.2 Å². The molecule has 1 unspecified atom stereocenters. The number of carbonyl (C=O) groups excluding carboxylic acids is 1. The van der Waals surface area contributed by atoms with Crippen molar-refractivity contribution in [3.8, 4) is 0 Å². The minimum Gasteiger partial charge on any atom is -0.366 e. The zero-order valence-electron chi connectivity index (χ0n) is 10.3. The molecule has 0 bridgehead atoms. The van der Waals surface area contributed by atoms with Crippen LogP contribution in [0.1, 0.15) is 42.1 Å². The molecule has 0 saturated heterocycles. The van der Waals surface area contributed by atoms with E-state index in [9.17, 15) is 4.79 Å². The van der Waals surface area contributed by atoms with Crippen molar-refractivity contribution in [3.05, 3.63) is 35.4 Å². The van der Waals surface area contributed by atoms with E-state index < -0.39 is 0 Å². The van der Waals surface area contributed by atoms with Crippen LogP contribution in [-0.4, -0.2) is 11.9 Å². The molecule has 1 amide bonds. The maximum Gasteiger partial charge on any atom is 0.249 e. The summed E-state index contributed by atoms with van der Waals surface area (Å²) in [5, 5.41) is 3.49. The van der Waals surface area contributed by atoms with Gasteiger partial charge in [0.1, 0.15) is 0 Å². The maximum absolute atomic E-state index is 11.3.